The van der Waals surface area contributed by atoms with Crippen LogP contribution in [0.1, 0.15) is 12.5 Å². The van der Waals surface area contributed by atoms with Crippen molar-refractivity contribution in [3.63, 3.8) is 0 Å². The Hall–Kier alpha value is -2.50. The van der Waals surface area contributed by atoms with Gasteiger partial charge in [0.1, 0.15) is 13.2 Å². The fourth-order valence-corrected chi connectivity index (χ4v) is 1.58. The highest BCUT2D eigenvalue weighted by molar-refractivity contribution is 5.68. The molecule has 1 aromatic carbocycles. The molecule has 2 amide bonds. The van der Waals surface area contributed by atoms with E-state index in [9.17, 15) is 9.59 Å². The summed E-state index contributed by atoms with van der Waals surface area (Å²) in [5, 5.41) is 2.63. The zero-order valence-corrected chi connectivity index (χ0v) is 12.0. The number of hydrogen-bond donors (Lipinski definition) is 2. The molecule has 0 fully saturated rings. The van der Waals surface area contributed by atoms with E-state index in [0.717, 1.165) is 5.56 Å². The zero-order chi connectivity index (χ0) is 15.7. The topological polar surface area (TPSA) is 90.6 Å². The summed E-state index contributed by atoms with van der Waals surface area (Å²) in [6, 6.07) is 8.87. The molecule has 0 saturated heterocycles. The number of hydrogen-bond acceptors (Lipinski definition) is 4. The van der Waals surface area contributed by atoms with E-state index in [1.165, 1.54) is 0 Å². The van der Waals surface area contributed by atoms with Crippen molar-refractivity contribution in [3.8, 4) is 0 Å². The Kier molecular flexibility index (Phi) is 6.80. The molecular formula is C15H20N2O4. The summed E-state index contributed by atoms with van der Waals surface area (Å²) in [4.78, 5) is 22.4. The number of amides is 2. The van der Waals surface area contributed by atoms with E-state index in [-0.39, 0.29) is 19.1 Å². The number of rotatable bonds is 7. The molecule has 2 atom stereocenters. The molecule has 0 aliphatic rings. The highest BCUT2D eigenvalue weighted by Crippen LogP contribution is 2.06. The van der Waals surface area contributed by atoms with Gasteiger partial charge in [0.15, 0.2) is 0 Å². The van der Waals surface area contributed by atoms with Crippen LogP contribution in [0.4, 0.5) is 9.59 Å². The van der Waals surface area contributed by atoms with Gasteiger partial charge in [0.05, 0.1) is 6.04 Å². The lowest BCUT2D eigenvalue weighted by molar-refractivity contribution is 0.113. The lowest BCUT2D eigenvalue weighted by Crippen LogP contribution is -2.43. The fourth-order valence-electron chi connectivity index (χ4n) is 1.58. The Balaban J connectivity index is 2.47. The van der Waals surface area contributed by atoms with Crippen molar-refractivity contribution in [3.05, 3.63) is 48.6 Å². The molecule has 6 heteroatoms. The standard InChI is InChI=1S/C15H20N2O4/c1-3-11(2)13(10-20-14(16)18)17-15(19)21-9-12-7-5-4-6-8-12/h3-8,11,13H,1,9-10H2,2H3,(H2,16,18)(H,17,19)/t11-,13?/m0/s1. The third-order valence-corrected chi connectivity index (χ3v) is 2.93. The maximum atomic E-state index is 11.8. The lowest BCUT2D eigenvalue weighted by atomic mass is 10.0. The van der Waals surface area contributed by atoms with Crippen LogP contribution in [0.2, 0.25) is 0 Å². The number of nitrogens with two attached hydrogens (primary N) is 1. The van der Waals surface area contributed by atoms with Crippen LogP contribution in [0.3, 0.4) is 0 Å². The first-order chi connectivity index (χ1) is 10.0. The fraction of sp³-hybridized carbons (Fsp3) is 0.333. The van der Waals surface area contributed by atoms with Crippen molar-refractivity contribution < 1.29 is 19.1 Å². The first kappa shape index (κ1) is 16.6. The summed E-state index contributed by atoms with van der Waals surface area (Å²) in [5.74, 6) is -0.103. The molecule has 21 heavy (non-hydrogen) atoms. The van der Waals surface area contributed by atoms with Gasteiger partial charge in [-0.05, 0) is 11.5 Å². The Morgan fingerprint density at radius 1 is 1.33 bits per heavy atom. The number of nitrogens with one attached hydrogen (secondary N) is 1. The van der Waals surface area contributed by atoms with Gasteiger partial charge in [-0.1, -0.05) is 43.3 Å². The van der Waals surface area contributed by atoms with Crippen molar-refractivity contribution >= 4 is 12.2 Å². The van der Waals surface area contributed by atoms with E-state index in [0.29, 0.717) is 0 Å². The van der Waals surface area contributed by atoms with Crippen molar-refractivity contribution in [2.45, 2.75) is 19.6 Å². The number of carbonyl (C=O) groups is 2. The molecule has 3 N–H and O–H groups in total. The maximum Gasteiger partial charge on any atom is 0.407 e. The predicted octanol–water partition coefficient (Wildman–Crippen LogP) is 2.20. The summed E-state index contributed by atoms with van der Waals surface area (Å²) in [5.41, 5.74) is 5.80. The Labute approximate surface area is 123 Å². The second-order valence-corrected chi connectivity index (χ2v) is 4.54. The maximum absolute atomic E-state index is 11.8. The minimum absolute atomic E-state index is 0.0387. The molecule has 1 unspecified atom stereocenters. The zero-order valence-electron chi connectivity index (χ0n) is 12.0. The SMILES string of the molecule is C=C[C@H](C)C(COC(N)=O)NC(=O)OCc1ccccc1. The van der Waals surface area contributed by atoms with Gasteiger partial charge in [-0.15, -0.1) is 6.58 Å². The van der Waals surface area contributed by atoms with Gasteiger partial charge < -0.3 is 20.5 Å². The molecule has 0 bridgehead atoms. The Bertz CT molecular complexity index is 476. The van der Waals surface area contributed by atoms with Crippen LogP contribution in [-0.4, -0.2) is 24.8 Å². The number of alkyl carbamates (subject to hydrolysis) is 1. The summed E-state index contributed by atoms with van der Waals surface area (Å²) >= 11 is 0. The summed E-state index contributed by atoms with van der Waals surface area (Å²) in [6.45, 7) is 5.60. The summed E-state index contributed by atoms with van der Waals surface area (Å²) in [6.07, 6.45) is 0.160. The van der Waals surface area contributed by atoms with Crippen LogP contribution in [0.15, 0.2) is 43.0 Å². The molecule has 1 rings (SSSR count). The average molecular weight is 292 g/mol. The third-order valence-electron chi connectivity index (χ3n) is 2.93. The first-order valence-corrected chi connectivity index (χ1v) is 6.55. The second-order valence-electron chi connectivity index (χ2n) is 4.54. The molecule has 0 heterocycles. The van der Waals surface area contributed by atoms with Crippen LogP contribution in [0, 0.1) is 5.92 Å². The Morgan fingerprint density at radius 3 is 2.57 bits per heavy atom. The summed E-state index contributed by atoms with van der Waals surface area (Å²) < 4.78 is 9.82. The number of primary amides is 1. The highest BCUT2D eigenvalue weighted by Gasteiger charge is 2.19. The van der Waals surface area contributed by atoms with Gasteiger partial charge in [0, 0.05) is 0 Å². The van der Waals surface area contributed by atoms with E-state index in [1.807, 2.05) is 37.3 Å². The molecule has 6 nitrogen and oxygen atoms in total. The minimum Gasteiger partial charge on any atom is -0.448 e. The number of benzene rings is 1. The van der Waals surface area contributed by atoms with E-state index >= 15 is 0 Å². The minimum atomic E-state index is -0.893. The van der Waals surface area contributed by atoms with Crippen molar-refractivity contribution in [1.29, 1.82) is 0 Å². The normalized spacial score (nSPS) is 12.8. The Morgan fingerprint density at radius 2 is 2.00 bits per heavy atom. The highest BCUT2D eigenvalue weighted by atomic mass is 16.6. The molecule has 0 saturated carbocycles. The van der Waals surface area contributed by atoms with E-state index < -0.39 is 18.2 Å². The first-order valence-electron chi connectivity index (χ1n) is 6.55. The van der Waals surface area contributed by atoms with Gasteiger partial charge in [-0.3, -0.25) is 0 Å². The van der Waals surface area contributed by atoms with Gasteiger partial charge in [0.2, 0.25) is 0 Å². The quantitative estimate of drug-likeness (QED) is 0.754. The van der Waals surface area contributed by atoms with Gasteiger partial charge in [-0.25, -0.2) is 9.59 Å². The molecule has 0 aliphatic carbocycles. The third kappa shape index (κ3) is 6.47. The van der Waals surface area contributed by atoms with Crippen molar-refractivity contribution in [2.75, 3.05) is 6.61 Å². The molecule has 0 spiro atoms. The average Bonchev–Trinajstić information content (AvgIpc) is 2.49. The molecule has 0 aromatic heterocycles. The second kappa shape index (κ2) is 8.63. The molecular weight excluding hydrogens is 272 g/mol. The number of carbonyl (C=O) groups excluding carboxylic acids is 2. The van der Waals surface area contributed by atoms with Gasteiger partial charge >= 0.3 is 12.2 Å². The van der Waals surface area contributed by atoms with Crippen LogP contribution < -0.4 is 11.1 Å². The van der Waals surface area contributed by atoms with Crippen molar-refractivity contribution in [2.24, 2.45) is 11.7 Å². The predicted molar refractivity (Wildman–Crippen MR) is 78.4 cm³/mol. The van der Waals surface area contributed by atoms with E-state index in [2.05, 4.69) is 11.9 Å². The van der Waals surface area contributed by atoms with Crippen LogP contribution in [0.25, 0.3) is 0 Å². The monoisotopic (exact) mass is 292 g/mol. The molecule has 0 radical (unpaired) electrons. The summed E-state index contributed by atoms with van der Waals surface area (Å²) in [7, 11) is 0. The number of ether oxygens (including phenoxy) is 2. The van der Waals surface area contributed by atoms with Crippen molar-refractivity contribution in [1.82, 2.24) is 5.32 Å². The van der Waals surface area contributed by atoms with Crippen LogP contribution in [0.5, 0.6) is 0 Å². The largest absolute Gasteiger partial charge is 0.448 e. The van der Waals surface area contributed by atoms with Crippen LogP contribution >= 0.6 is 0 Å². The smallest absolute Gasteiger partial charge is 0.407 e. The van der Waals surface area contributed by atoms with Crippen LogP contribution in [-0.2, 0) is 16.1 Å². The molecule has 1 aromatic rings. The van der Waals surface area contributed by atoms with Gasteiger partial charge in [-0.2, -0.15) is 0 Å². The van der Waals surface area contributed by atoms with E-state index in [1.54, 1.807) is 6.08 Å². The molecule has 0 aliphatic heterocycles. The molecule has 114 valence electrons. The lowest BCUT2D eigenvalue weighted by Gasteiger charge is -2.21. The van der Waals surface area contributed by atoms with E-state index in [4.69, 9.17) is 15.2 Å². The van der Waals surface area contributed by atoms with Gasteiger partial charge in [0.25, 0.3) is 0 Å².